The summed E-state index contributed by atoms with van der Waals surface area (Å²) in [6, 6.07) is 7.96. The fourth-order valence-corrected chi connectivity index (χ4v) is 2.57. The van der Waals surface area contributed by atoms with Crippen molar-refractivity contribution in [3.05, 3.63) is 53.7 Å². The van der Waals surface area contributed by atoms with E-state index in [1.807, 2.05) is 0 Å². The van der Waals surface area contributed by atoms with Gasteiger partial charge in [0, 0.05) is 18.8 Å². The summed E-state index contributed by atoms with van der Waals surface area (Å²) >= 11 is 0. The van der Waals surface area contributed by atoms with Gasteiger partial charge in [0.25, 0.3) is 5.91 Å². The number of aromatic nitrogens is 1. The van der Waals surface area contributed by atoms with Crippen LogP contribution in [-0.4, -0.2) is 48.1 Å². The van der Waals surface area contributed by atoms with E-state index in [-0.39, 0.29) is 23.1 Å². The van der Waals surface area contributed by atoms with Crippen molar-refractivity contribution in [1.82, 2.24) is 9.88 Å². The summed E-state index contributed by atoms with van der Waals surface area (Å²) in [5.41, 5.74) is -0.449. The molecule has 0 atom stereocenters. The number of carbonyl (C=O) groups is 2. The van der Waals surface area contributed by atoms with Crippen molar-refractivity contribution in [3.63, 3.8) is 0 Å². The summed E-state index contributed by atoms with van der Waals surface area (Å²) in [5.74, 6) is -0.126. The van der Waals surface area contributed by atoms with Crippen molar-refractivity contribution in [2.75, 3.05) is 36.9 Å². The van der Waals surface area contributed by atoms with Crippen molar-refractivity contribution < 1.29 is 27.5 Å². The Morgan fingerprint density at radius 1 is 1.00 bits per heavy atom. The minimum absolute atomic E-state index is 0.142. The van der Waals surface area contributed by atoms with Gasteiger partial charge in [-0.2, -0.15) is 13.2 Å². The molecule has 28 heavy (non-hydrogen) atoms. The Labute approximate surface area is 158 Å². The van der Waals surface area contributed by atoms with E-state index < -0.39 is 17.8 Å². The smallest absolute Gasteiger partial charge is 0.378 e. The van der Waals surface area contributed by atoms with Gasteiger partial charge in [-0.1, -0.05) is 6.07 Å². The molecule has 148 valence electrons. The number of amides is 3. The number of anilines is 2. The molecule has 0 aliphatic carbocycles. The molecule has 1 aromatic heterocycles. The maximum absolute atomic E-state index is 12.6. The third-order valence-corrected chi connectivity index (χ3v) is 3.98. The number of rotatable bonds is 3. The van der Waals surface area contributed by atoms with Crippen LogP contribution in [0.1, 0.15) is 16.1 Å². The number of urea groups is 1. The quantitative estimate of drug-likeness (QED) is 0.837. The third kappa shape index (κ3) is 4.97. The summed E-state index contributed by atoms with van der Waals surface area (Å²) in [4.78, 5) is 30.2. The average Bonchev–Trinajstić information content (AvgIpc) is 2.68. The van der Waals surface area contributed by atoms with E-state index in [2.05, 4.69) is 15.6 Å². The van der Waals surface area contributed by atoms with Crippen LogP contribution in [0.15, 0.2) is 42.5 Å². The number of pyridine rings is 1. The molecule has 0 radical (unpaired) electrons. The van der Waals surface area contributed by atoms with Crippen LogP contribution in [0.5, 0.6) is 0 Å². The Balaban J connectivity index is 1.62. The Bertz CT molecular complexity index is 850. The maximum atomic E-state index is 12.6. The number of hydrogen-bond acceptors (Lipinski definition) is 4. The molecule has 1 saturated heterocycles. The summed E-state index contributed by atoms with van der Waals surface area (Å²) in [6.07, 6.45) is -4.45. The molecule has 1 aromatic carbocycles. The molecule has 1 aliphatic heterocycles. The highest BCUT2D eigenvalue weighted by molar-refractivity contribution is 5.99. The van der Waals surface area contributed by atoms with Gasteiger partial charge in [-0.25, -0.2) is 9.78 Å². The van der Waals surface area contributed by atoms with E-state index in [0.29, 0.717) is 26.3 Å². The summed E-state index contributed by atoms with van der Waals surface area (Å²) in [6.45, 7) is 1.84. The minimum atomic E-state index is -4.45. The highest BCUT2D eigenvalue weighted by atomic mass is 19.4. The van der Waals surface area contributed by atoms with Gasteiger partial charge >= 0.3 is 12.2 Å². The van der Waals surface area contributed by atoms with Crippen LogP contribution < -0.4 is 10.6 Å². The monoisotopic (exact) mass is 394 g/mol. The van der Waals surface area contributed by atoms with Crippen molar-refractivity contribution in [3.8, 4) is 0 Å². The Hall–Kier alpha value is -3.14. The minimum Gasteiger partial charge on any atom is -0.378 e. The second-order valence-corrected chi connectivity index (χ2v) is 5.97. The molecule has 0 bridgehead atoms. The third-order valence-electron chi connectivity index (χ3n) is 3.98. The first kappa shape index (κ1) is 19.6. The topological polar surface area (TPSA) is 83.6 Å². The standard InChI is InChI=1S/C18H17F3N4O3/c19-18(20,21)12-4-6-13(7-5-12)22-17(27)24-15-3-1-2-14(23-15)16(26)25-8-10-28-11-9-25/h1-7H,8-11H2,(H2,22,23,24,27). The molecular weight excluding hydrogens is 377 g/mol. The number of hydrogen-bond donors (Lipinski definition) is 2. The lowest BCUT2D eigenvalue weighted by atomic mass is 10.2. The molecular formula is C18H17F3N4O3. The zero-order chi connectivity index (χ0) is 20.1. The Kier molecular flexibility index (Phi) is 5.78. The molecule has 3 amide bonds. The first-order valence-corrected chi connectivity index (χ1v) is 8.42. The van der Waals surface area contributed by atoms with E-state index in [4.69, 9.17) is 4.74 Å². The van der Waals surface area contributed by atoms with Crippen LogP contribution in [0.25, 0.3) is 0 Å². The van der Waals surface area contributed by atoms with Crippen LogP contribution in [0.2, 0.25) is 0 Å². The molecule has 2 aromatic rings. The van der Waals surface area contributed by atoms with E-state index in [1.165, 1.54) is 12.1 Å². The zero-order valence-electron chi connectivity index (χ0n) is 14.6. The zero-order valence-corrected chi connectivity index (χ0v) is 14.6. The second kappa shape index (κ2) is 8.26. The van der Waals surface area contributed by atoms with E-state index >= 15 is 0 Å². The lowest BCUT2D eigenvalue weighted by Crippen LogP contribution is -2.41. The summed E-state index contributed by atoms with van der Waals surface area (Å²) in [5, 5.41) is 4.87. The van der Waals surface area contributed by atoms with E-state index in [1.54, 1.807) is 11.0 Å². The summed E-state index contributed by atoms with van der Waals surface area (Å²) < 4.78 is 42.9. The molecule has 3 rings (SSSR count). The van der Waals surface area contributed by atoms with Crippen LogP contribution in [0.3, 0.4) is 0 Å². The number of carbonyl (C=O) groups excluding carboxylic acids is 2. The molecule has 2 N–H and O–H groups in total. The molecule has 7 nitrogen and oxygen atoms in total. The Morgan fingerprint density at radius 3 is 2.32 bits per heavy atom. The van der Waals surface area contributed by atoms with Crippen molar-refractivity contribution in [2.45, 2.75) is 6.18 Å². The van der Waals surface area contributed by atoms with Gasteiger partial charge in [0.2, 0.25) is 0 Å². The normalized spacial score (nSPS) is 14.5. The maximum Gasteiger partial charge on any atom is 0.416 e. The number of nitrogens with zero attached hydrogens (tertiary/aromatic N) is 2. The fourth-order valence-electron chi connectivity index (χ4n) is 2.57. The highest BCUT2D eigenvalue weighted by Crippen LogP contribution is 2.29. The fraction of sp³-hybridized carbons (Fsp3) is 0.278. The lowest BCUT2D eigenvalue weighted by molar-refractivity contribution is -0.137. The number of benzene rings is 1. The average molecular weight is 394 g/mol. The van der Waals surface area contributed by atoms with Gasteiger partial charge in [0.1, 0.15) is 11.5 Å². The van der Waals surface area contributed by atoms with Crippen LogP contribution >= 0.6 is 0 Å². The van der Waals surface area contributed by atoms with Gasteiger partial charge in [-0.15, -0.1) is 0 Å². The molecule has 1 fully saturated rings. The number of alkyl halides is 3. The molecule has 1 aliphatic rings. The van der Waals surface area contributed by atoms with Crippen molar-refractivity contribution >= 4 is 23.4 Å². The van der Waals surface area contributed by atoms with E-state index in [9.17, 15) is 22.8 Å². The van der Waals surface area contributed by atoms with Crippen LogP contribution in [-0.2, 0) is 10.9 Å². The van der Waals surface area contributed by atoms with Gasteiger partial charge in [0.15, 0.2) is 0 Å². The van der Waals surface area contributed by atoms with Crippen LogP contribution in [0.4, 0.5) is 29.5 Å². The molecule has 2 heterocycles. The van der Waals surface area contributed by atoms with Crippen molar-refractivity contribution in [1.29, 1.82) is 0 Å². The number of nitrogens with one attached hydrogen (secondary N) is 2. The predicted molar refractivity (Wildman–Crippen MR) is 95.0 cm³/mol. The molecule has 0 unspecified atom stereocenters. The van der Waals surface area contributed by atoms with Gasteiger partial charge in [0.05, 0.1) is 18.8 Å². The first-order valence-electron chi connectivity index (χ1n) is 8.42. The van der Waals surface area contributed by atoms with Gasteiger partial charge < -0.3 is 15.0 Å². The number of morpholine rings is 1. The van der Waals surface area contributed by atoms with E-state index in [0.717, 1.165) is 24.3 Å². The Morgan fingerprint density at radius 2 is 1.68 bits per heavy atom. The SMILES string of the molecule is O=C(Nc1ccc(C(F)(F)F)cc1)Nc1cccc(C(=O)N2CCOCC2)n1. The number of ether oxygens (including phenoxy) is 1. The second-order valence-electron chi connectivity index (χ2n) is 5.97. The number of halogens is 3. The largest absolute Gasteiger partial charge is 0.416 e. The molecule has 0 spiro atoms. The van der Waals surface area contributed by atoms with Gasteiger partial charge in [-0.3, -0.25) is 10.1 Å². The van der Waals surface area contributed by atoms with Crippen molar-refractivity contribution in [2.24, 2.45) is 0 Å². The van der Waals surface area contributed by atoms with Gasteiger partial charge in [-0.05, 0) is 36.4 Å². The summed E-state index contributed by atoms with van der Waals surface area (Å²) in [7, 11) is 0. The van der Waals surface area contributed by atoms with Crippen LogP contribution in [0, 0.1) is 0 Å². The lowest BCUT2D eigenvalue weighted by Gasteiger charge is -2.26. The first-order chi connectivity index (χ1) is 13.3. The molecule has 10 heteroatoms. The molecule has 0 saturated carbocycles. The highest BCUT2D eigenvalue weighted by Gasteiger charge is 2.30. The predicted octanol–water partition coefficient (Wildman–Crippen LogP) is 3.22.